The van der Waals surface area contributed by atoms with Crippen LogP contribution in [0.3, 0.4) is 0 Å². The molecule has 0 spiro atoms. The SMILES string of the molecule is Cc1cc(/C=C2/NC(=O)NC2=O)c(C)n1-c1ccc(O)cc1. The molecule has 112 valence electrons. The van der Waals surface area contributed by atoms with Crippen LogP contribution in [0.5, 0.6) is 5.75 Å². The van der Waals surface area contributed by atoms with Gasteiger partial charge < -0.3 is 15.0 Å². The molecule has 3 rings (SSSR count). The first-order valence-corrected chi connectivity index (χ1v) is 6.78. The normalized spacial score (nSPS) is 16.0. The van der Waals surface area contributed by atoms with Gasteiger partial charge in [0.05, 0.1) is 0 Å². The summed E-state index contributed by atoms with van der Waals surface area (Å²) in [5, 5.41) is 14.0. The van der Waals surface area contributed by atoms with Gasteiger partial charge in [0.25, 0.3) is 5.91 Å². The first kappa shape index (κ1) is 13.9. The Bertz CT molecular complexity index is 801. The fourth-order valence-electron chi connectivity index (χ4n) is 2.57. The zero-order valence-electron chi connectivity index (χ0n) is 12.2. The molecule has 1 aromatic heterocycles. The van der Waals surface area contributed by atoms with E-state index in [1.165, 1.54) is 0 Å². The van der Waals surface area contributed by atoms with E-state index < -0.39 is 11.9 Å². The number of benzene rings is 1. The Hall–Kier alpha value is -3.02. The number of imide groups is 1. The summed E-state index contributed by atoms with van der Waals surface area (Å²) in [6.07, 6.45) is 1.65. The van der Waals surface area contributed by atoms with Gasteiger partial charge in [0.2, 0.25) is 0 Å². The van der Waals surface area contributed by atoms with Gasteiger partial charge in [0.1, 0.15) is 11.4 Å². The quantitative estimate of drug-likeness (QED) is 0.585. The number of carbonyl (C=O) groups excluding carboxylic acids is 2. The van der Waals surface area contributed by atoms with Crippen molar-refractivity contribution in [3.63, 3.8) is 0 Å². The molecule has 2 heterocycles. The summed E-state index contributed by atoms with van der Waals surface area (Å²) in [6.45, 7) is 3.89. The summed E-state index contributed by atoms with van der Waals surface area (Å²) < 4.78 is 2.01. The molecule has 6 heteroatoms. The van der Waals surface area contributed by atoms with Gasteiger partial charge in [0, 0.05) is 17.1 Å². The number of urea groups is 1. The standard InChI is InChI=1S/C16H15N3O3/c1-9-7-11(8-14-15(21)18-16(22)17-14)10(2)19(9)12-3-5-13(20)6-4-12/h3-8,20H,1-2H3,(H2,17,18,21,22)/b14-8+. The summed E-state index contributed by atoms with van der Waals surface area (Å²) in [5.41, 5.74) is 3.91. The van der Waals surface area contributed by atoms with Crippen LogP contribution >= 0.6 is 0 Å². The van der Waals surface area contributed by atoms with Gasteiger partial charge in [-0.1, -0.05) is 0 Å². The van der Waals surface area contributed by atoms with Crippen molar-refractivity contribution in [1.29, 1.82) is 0 Å². The van der Waals surface area contributed by atoms with Crippen molar-refractivity contribution < 1.29 is 14.7 Å². The van der Waals surface area contributed by atoms with Gasteiger partial charge >= 0.3 is 6.03 Å². The summed E-state index contributed by atoms with van der Waals surface area (Å²) in [7, 11) is 0. The number of nitrogens with one attached hydrogen (secondary N) is 2. The monoisotopic (exact) mass is 297 g/mol. The number of phenolic OH excluding ortho intramolecular Hbond substituents is 1. The molecule has 1 aromatic carbocycles. The Morgan fingerprint density at radius 2 is 1.77 bits per heavy atom. The minimum absolute atomic E-state index is 0.207. The highest BCUT2D eigenvalue weighted by atomic mass is 16.3. The van der Waals surface area contributed by atoms with Crippen LogP contribution in [0.25, 0.3) is 11.8 Å². The van der Waals surface area contributed by atoms with Gasteiger partial charge in [-0.05, 0) is 55.8 Å². The third kappa shape index (κ3) is 2.35. The molecule has 1 aliphatic heterocycles. The van der Waals surface area contributed by atoms with Crippen LogP contribution in [0.2, 0.25) is 0 Å². The second-order valence-electron chi connectivity index (χ2n) is 5.14. The molecular weight excluding hydrogens is 282 g/mol. The van der Waals surface area contributed by atoms with E-state index in [1.807, 2.05) is 36.6 Å². The Kier molecular flexibility index (Phi) is 3.21. The van der Waals surface area contributed by atoms with E-state index in [2.05, 4.69) is 10.6 Å². The molecule has 3 amide bonds. The number of aromatic hydroxyl groups is 1. The summed E-state index contributed by atoms with van der Waals surface area (Å²) in [4.78, 5) is 22.8. The number of aromatic nitrogens is 1. The maximum absolute atomic E-state index is 11.6. The molecule has 0 unspecified atom stereocenters. The van der Waals surface area contributed by atoms with Crippen LogP contribution in [0.15, 0.2) is 36.0 Å². The zero-order chi connectivity index (χ0) is 15.9. The molecule has 0 atom stereocenters. The predicted molar refractivity (Wildman–Crippen MR) is 81.6 cm³/mol. The molecular formula is C16H15N3O3. The third-order valence-corrected chi connectivity index (χ3v) is 3.60. The van der Waals surface area contributed by atoms with Crippen molar-refractivity contribution in [3.8, 4) is 11.4 Å². The smallest absolute Gasteiger partial charge is 0.326 e. The lowest BCUT2D eigenvalue weighted by molar-refractivity contribution is -0.115. The van der Waals surface area contributed by atoms with Gasteiger partial charge in [-0.15, -0.1) is 0 Å². The van der Waals surface area contributed by atoms with E-state index in [4.69, 9.17) is 0 Å². The number of aryl methyl sites for hydroxylation is 1. The highest BCUT2D eigenvalue weighted by Crippen LogP contribution is 2.24. The Labute approximate surface area is 127 Å². The first-order valence-electron chi connectivity index (χ1n) is 6.78. The number of rotatable bonds is 2. The summed E-state index contributed by atoms with van der Waals surface area (Å²) >= 11 is 0. The van der Waals surface area contributed by atoms with E-state index in [0.717, 1.165) is 22.6 Å². The van der Waals surface area contributed by atoms with Crippen LogP contribution in [-0.4, -0.2) is 21.6 Å². The molecule has 22 heavy (non-hydrogen) atoms. The highest BCUT2D eigenvalue weighted by Gasteiger charge is 2.23. The Morgan fingerprint density at radius 3 is 2.36 bits per heavy atom. The largest absolute Gasteiger partial charge is 0.508 e. The fraction of sp³-hybridized carbons (Fsp3) is 0.125. The molecule has 3 N–H and O–H groups in total. The number of phenols is 1. The van der Waals surface area contributed by atoms with E-state index in [0.29, 0.717) is 0 Å². The second-order valence-corrected chi connectivity index (χ2v) is 5.14. The maximum Gasteiger partial charge on any atom is 0.326 e. The average molecular weight is 297 g/mol. The third-order valence-electron chi connectivity index (χ3n) is 3.60. The molecule has 6 nitrogen and oxygen atoms in total. The van der Waals surface area contributed by atoms with Crippen molar-refractivity contribution in [1.82, 2.24) is 15.2 Å². The van der Waals surface area contributed by atoms with Gasteiger partial charge in [-0.3, -0.25) is 10.1 Å². The lowest BCUT2D eigenvalue weighted by Gasteiger charge is -2.09. The summed E-state index contributed by atoms with van der Waals surface area (Å²) in [6, 6.07) is 8.30. The highest BCUT2D eigenvalue weighted by molar-refractivity contribution is 6.14. The van der Waals surface area contributed by atoms with E-state index >= 15 is 0 Å². The zero-order valence-corrected chi connectivity index (χ0v) is 12.2. The molecule has 1 saturated heterocycles. The van der Waals surface area contributed by atoms with Gasteiger partial charge in [-0.25, -0.2) is 4.79 Å². The van der Waals surface area contributed by atoms with Gasteiger partial charge in [0.15, 0.2) is 0 Å². The lowest BCUT2D eigenvalue weighted by atomic mass is 10.2. The minimum atomic E-state index is -0.511. The van der Waals surface area contributed by atoms with Crippen molar-refractivity contribution >= 4 is 18.0 Å². The molecule has 0 bridgehead atoms. The van der Waals surface area contributed by atoms with Crippen LogP contribution in [0.4, 0.5) is 4.79 Å². The number of amides is 3. The van der Waals surface area contributed by atoms with Crippen molar-refractivity contribution in [3.05, 3.63) is 53.0 Å². The predicted octanol–water partition coefficient (Wildman–Crippen LogP) is 1.98. The molecule has 1 fully saturated rings. The lowest BCUT2D eigenvalue weighted by Crippen LogP contribution is -2.22. The minimum Gasteiger partial charge on any atom is -0.508 e. The van der Waals surface area contributed by atoms with E-state index in [-0.39, 0.29) is 11.4 Å². The van der Waals surface area contributed by atoms with Gasteiger partial charge in [-0.2, -0.15) is 0 Å². The number of hydrogen-bond acceptors (Lipinski definition) is 3. The first-order chi connectivity index (χ1) is 10.5. The molecule has 2 aromatic rings. The Morgan fingerprint density at radius 1 is 1.09 bits per heavy atom. The Balaban J connectivity index is 2.04. The fourth-order valence-corrected chi connectivity index (χ4v) is 2.57. The summed E-state index contributed by atoms with van der Waals surface area (Å²) in [5.74, 6) is -0.224. The van der Waals surface area contributed by atoms with E-state index in [9.17, 15) is 14.7 Å². The molecule has 0 aliphatic carbocycles. The molecule has 0 radical (unpaired) electrons. The molecule has 0 saturated carbocycles. The van der Waals surface area contributed by atoms with E-state index in [1.54, 1.807) is 18.2 Å². The topological polar surface area (TPSA) is 83.4 Å². The maximum atomic E-state index is 11.6. The second kappa shape index (κ2) is 5.07. The van der Waals surface area contributed by atoms with Crippen LogP contribution in [0, 0.1) is 13.8 Å². The van der Waals surface area contributed by atoms with Crippen molar-refractivity contribution in [2.45, 2.75) is 13.8 Å². The average Bonchev–Trinajstić information content (AvgIpc) is 2.92. The van der Waals surface area contributed by atoms with Crippen molar-refractivity contribution in [2.24, 2.45) is 0 Å². The van der Waals surface area contributed by atoms with Crippen LogP contribution < -0.4 is 10.6 Å². The number of carbonyl (C=O) groups is 2. The number of hydrogen-bond donors (Lipinski definition) is 3. The van der Waals surface area contributed by atoms with Crippen molar-refractivity contribution in [2.75, 3.05) is 0 Å². The number of nitrogens with zero attached hydrogens (tertiary/aromatic N) is 1. The molecule has 1 aliphatic rings. The van der Waals surface area contributed by atoms with Crippen LogP contribution in [0.1, 0.15) is 17.0 Å². The van der Waals surface area contributed by atoms with Crippen LogP contribution in [-0.2, 0) is 4.79 Å².